The summed E-state index contributed by atoms with van der Waals surface area (Å²) in [5.41, 5.74) is 1.28. The van der Waals surface area contributed by atoms with Crippen LogP contribution in [0.5, 0.6) is 0 Å². The number of hydrogen-bond acceptors (Lipinski definition) is 1. The van der Waals surface area contributed by atoms with E-state index < -0.39 is 0 Å². The molecule has 0 bridgehead atoms. The lowest BCUT2D eigenvalue weighted by Gasteiger charge is -2.21. The molecule has 1 aliphatic carbocycles. The number of ether oxygens (including phenoxy) is 1. The van der Waals surface area contributed by atoms with Gasteiger partial charge in [0.1, 0.15) is 0 Å². The summed E-state index contributed by atoms with van der Waals surface area (Å²) in [5, 5.41) is 0. The highest BCUT2D eigenvalue weighted by atomic mass is 16.5. The van der Waals surface area contributed by atoms with Crippen LogP contribution in [0.15, 0.2) is 30.3 Å². The molecule has 0 amide bonds. The van der Waals surface area contributed by atoms with E-state index in [9.17, 15) is 0 Å². The molecule has 1 aromatic carbocycles. The van der Waals surface area contributed by atoms with Crippen LogP contribution in [0.3, 0.4) is 0 Å². The Morgan fingerprint density at radius 1 is 0.944 bits per heavy atom. The van der Waals surface area contributed by atoms with Crippen molar-refractivity contribution in [3.8, 4) is 0 Å². The molecule has 1 aromatic rings. The van der Waals surface area contributed by atoms with Crippen molar-refractivity contribution in [2.45, 2.75) is 58.0 Å². The van der Waals surface area contributed by atoms with Gasteiger partial charge in [-0.05, 0) is 17.9 Å². The molecule has 0 radical (unpaired) electrons. The van der Waals surface area contributed by atoms with Crippen LogP contribution in [0.2, 0.25) is 0 Å². The summed E-state index contributed by atoms with van der Waals surface area (Å²) in [6, 6.07) is 10.4. The third kappa shape index (κ3) is 5.22. The van der Waals surface area contributed by atoms with Crippen LogP contribution in [0.1, 0.15) is 56.9 Å². The SMILES string of the molecule is c1ccc(COCCCCC2CCCCC2)cc1. The van der Waals surface area contributed by atoms with Crippen molar-refractivity contribution in [2.24, 2.45) is 5.92 Å². The topological polar surface area (TPSA) is 9.23 Å². The van der Waals surface area contributed by atoms with Gasteiger partial charge in [-0.2, -0.15) is 0 Å². The van der Waals surface area contributed by atoms with E-state index in [2.05, 4.69) is 24.3 Å². The number of unbranched alkanes of at least 4 members (excludes halogenated alkanes) is 1. The van der Waals surface area contributed by atoms with Crippen molar-refractivity contribution in [1.29, 1.82) is 0 Å². The minimum atomic E-state index is 0.768. The third-order valence-corrected chi connectivity index (χ3v) is 3.99. The molecule has 100 valence electrons. The molecular weight excluding hydrogens is 220 g/mol. The van der Waals surface area contributed by atoms with Crippen molar-refractivity contribution in [1.82, 2.24) is 0 Å². The predicted octanol–water partition coefficient (Wildman–Crippen LogP) is 4.95. The van der Waals surface area contributed by atoms with E-state index in [0.717, 1.165) is 19.1 Å². The van der Waals surface area contributed by atoms with E-state index in [1.807, 2.05) is 6.07 Å². The van der Waals surface area contributed by atoms with Gasteiger partial charge in [0.25, 0.3) is 0 Å². The second kappa shape index (κ2) is 8.31. The largest absolute Gasteiger partial charge is 0.377 e. The predicted molar refractivity (Wildman–Crippen MR) is 76.5 cm³/mol. The highest BCUT2D eigenvalue weighted by Crippen LogP contribution is 2.27. The van der Waals surface area contributed by atoms with Crippen molar-refractivity contribution >= 4 is 0 Å². The molecule has 0 heterocycles. The highest BCUT2D eigenvalue weighted by Gasteiger charge is 2.12. The minimum absolute atomic E-state index is 0.768. The fourth-order valence-electron chi connectivity index (χ4n) is 2.88. The Morgan fingerprint density at radius 2 is 1.72 bits per heavy atom. The first kappa shape index (κ1) is 13.6. The van der Waals surface area contributed by atoms with Crippen LogP contribution in [0, 0.1) is 5.92 Å². The van der Waals surface area contributed by atoms with Crippen LogP contribution in [0.4, 0.5) is 0 Å². The van der Waals surface area contributed by atoms with Gasteiger partial charge in [-0.1, -0.05) is 75.3 Å². The second-order valence-electron chi connectivity index (χ2n) is 5.54. The van der Waals surface area contributed by atoms with Crippen LogP contribution >= 0.6 is 0 Å². The van der Waals surface area contributed by atoms with E-state index in [0.29, 0.717) is 0 Å². The minimum Gasteiger partial charge on any atom is -0.377 e. The molecule has 0 unspecified atom stereocenters. The number of benzene rings is 1. The zero-order valence-electron chi connectivity index (χ0n) is 11.4. The van der Waals surface area contributed by atoms with Crippen molar-refractivity contribution in [3.05, 3.63) is 35.9 Å². The molecule has 18 heavy (non-hydrogen) atoms. The van der Waals surface area contributed by atoms with E-state index in [-0.39, 0.29) is 0 Å². The lowest BCUT2D eigenvalue weighted by molar-refractivity contribution is 0.115. The molecule has 1 aliphatic rings. The van der Waals surface area contributed by atoms with Gasteiger partial charge in [0.15, 0.2) is 0 Å². The van der Waals surface area contributed by atoms with E-state index in [4.69, 9.17) is 4.74 Å². The molecule has 1 fully saturated rings. The summed E-state index contributed by atoms with van der Waals surface area (Å²) in [6.45, 7) is 1.69. The van der Waals surface area contributed by atoms with Gasteiger partial charge in [0.2, 0.25) is 0 Å². The molecule has 1 heteroatoms. The maximum Gasteiger partial charge on any atom is 0.0716 e. The molecule has 0 spiro atoms. The average molecular weight is 246 g/mol. The number of rotatable bonds is 7. The van der Waals surface area contributed by atoms with Crippen LogP contribution < -0.4 is 0 Å². The summed E-state index contributed by atoms with van der Waals surface area (Å²) < 4.78 is 5.71. The molecule has 1 nitrogen and oxygen atoms in total. The standard InChI is InChI=1S/C17H26O/c1-3-9-16(10-4-1)11-7-8-14-18-15-17-12-5-2-6-13-17/h2,5-6,12-13,16H,1,3-4,7-11,14-15H2. The monoisotopic (exact) mass is 246 g/mol. The zero-order valence-corrected chi connectivity index (χ0v) is 11.4. The van der Waals surface area contributed by atoms with Gasteiger partial charge in [0, 0.05) is 6.61 Å². The molecule has 2 rings (SSSR count). The lowest BCUT2D eigenvalue weighted by atomic mass is 9.86. The fraction of sp³-hybridized carbons (Fsp3) is 0.647. The van der Waals surface area contributed by atoms with Crippen molar-refractivity contribution in [2.75, 3.05) is 6.61 Å². The Balaban J connectivity index is 1.46. The highest BCUT2D eigenvalue weighted by molar-refractivity contribution is 5.13. The Morgan fingerprint density at radius 3 is 2.50 bits per heavy atom. The molecule has 0 N–H and O–H groups in total. The maximum atomic E-state index is 5.71. The summed E-state index contributed by atoms with van der Waals surface area (Å²) in [5.74, 6) is 1.02. The molecular formula is C17H26O. The Labute approximate surface area is 112 Å². The van der Waals surface area contributed by atoms with Crippen LogP contribution in [0.25, 0.3) is 0 Å². The van der Waals surface area contributed by atoms with Gasteiger partial charge in [-0.15, -0.1) is 0 Å². The average Bonchev–Trinajstić information content (AvgIpc) is 2.45. The van der Waals surface area contributed by atoms with Gasteiger partial charge in [-0.25, -0.2) is 0 Å². The molecule has 0 aromatic heterocycles. The summed E-state index contributed by atoms with van der Waals surface area (Å²) in [4.78, 5) is 0. The second-order valence-corrected chi connectivity index (χ2v) is 5.54. The van der Waals surface area contributed by atoms with Gasteiger partial charge in [-0.3, -0.25) is 0 Å². The molecule has 0 aliphatic heterocycles. The smallest absolute Gasteiger partial charge is 0.0716 e. The Hall–Kier alpha value is -0.820. The van der Waals surface area contributed by atoms with Crippen LogP contribution in [-0.2, 0) is 11.3 Å². The summed E-state index contributed by atoms with van der Waals surface area (Å²) >= 11 is 0. The van der Waals surface area contributed by atoms with Crippen molar-refractivity contribution < 1.29 is 4.74 Å². The summed E-state index contributed by atoms with van der Waals surface area (Å²) in [7, 11) is 0. The van der Waals surface area contributed by atoms with Crippen LogP contribution in [-0.4, -0.2) is 6.61 Å². The first-order valence-electron chi connectivity index (χ1n) is 7.57. The Kier molecular flexibility index (Phi) is 6.28. The zero-order chi connectivity index (χ0) is 12.5. The molecule has 0 atom stereocenters. The van der Waals surface area contributed by atoms with Gasteiger partial charge >= 0.3 is 0 Å². The van der Waals surface area contributed by atoms with E-state index in [1.165, 1.54) is 56.9 Å². The third-order valence-electron chi connectivity index (χ3n) is 3.99. The fourth-order valence-corrected chi connectivity index (χ4v) is 2.88. The number of hydrogen-bond donors (Lipinski definition) is 0. The first-order chi connectivity index (χ1) is 8.95. The van der Waals surface area contributed by atoms with E-state index >= 15 is 0 Å². The normalized spacial score (nSPS) is 16.9. The van der Waals surface area contributed by atoms with Gasteiger partial charge in [0.05, 0.1) is 6.61 Å². The van der Waals surface area contributed by atoms with Crippen molar-refractivity contribution in [3.63, 3.8) is 0 Å². The summed E-state index contributed by atoms with van der Waals surface area (Å²) in [6.07, 6.45) is 11.4. The molecule has 0 saturated heterocycles. The Bertz CT molecular complexity index is 301. The van der Waals surface area contributed by atoms with E-state index in [1.54, 1.807) is 0 Å². The maximum absolute atomic E-state index is 5.71. The first-order valence-corrected chi connectivity index (χ1v) is 7.57. The lowest BCUT2D eigenvalue weighted by Crippen LogP contribution is -2.06. The molecule has 1 saturated carbocycles. The van der Waals surface area contributed by atoms with Gasteiger partial charge < -0.3 is 4.74 Å². The quantitative estimate of drug-likeness (QED) is 0.618.